The van der Waals surface area contributed by atoms with Gasteiger partial charge in [-0.2, -0.15) is 0 Å². The van der Waals surface area contributed by atoms with Crippen molar-refractivity contribution in [1.82, 2.24) is 9.55 Å². The Kier molecular flexibility index (Phi) is 2.14. The van der Waals surface area contributed by atoms with Gasteiger partial charge in [0.15, 0.2) is 5.82 Å². The van der Waals surface area contributed by atoms with Crippen LogP contribution in [0.5, 0.6) is 0 Å². The van der Waals surface area contributed by atoms with Gasteiger partial charge in [-0.15, -0.1) is 0 Å². The zero-order valence-corrected chi connectivity index (χ0v) is 11.1. The first kappa shape index (κ1) is 11.4. The SMILES string of the molecule is CC(N)(c1nc2c(F)cccc2n1C1CC1)C1CC1. The number of aromatic nitrogens is 2. The van der Waals surface area contributed by atoms with Crippen molar-refractivity contribution in [2.75, 3.05) is 0 Å². The smallest absolute Gasteiger partial charge is 0.151 e. The van der Waals surface area contributed by atoms with Crippen LogP contribution in [-0.4, -0.2) is 9.55 Å². The molecule has 4 heteroatoms. The van der Waals surface area contributed by atoms with E-state index < -0.39 is 5.54 Å². The molecule has 0 aliphatic heterocycles. The van der Waals surface area contributed by atoms with Gasteiger partial charge in [0.25, 0.3) is 0 Å². The first-order chi connectivity index (χ1) is 9.09. The van der Waals surface area contributed by atoms with Gasteiger partial charge < -0.3 is 10.3 Å². The normalized spacial score (nSPS) is 22.7. The number of imidazole rings is 1. The van der Waals surface area contributed by atoms with Gasteiger partial charge in [0.2, 0.25) is 0 Å². The fourth-order valence-corrected chi connectivity index (χ4v) is 3.03. The van der Waals surface area contributed by atoms with Crippen molar-refractivity contribution in [1.29, 1.82) is 0 Å². The summed E-state index contributed by atoms with van der Waals surface area (Å²) in [7, 11) is 0. The summed E-state index contributed by atoms with van der Waals surface area (Å²) in [6.45, 7) is 2.04. The summed E-state index contributed by atoms with van der Waals surface area (Å²) in [5, 5.41) is 0. The molecule has 19 heavy (non-hydrogen) atoms. The van der Waals surface area contributed by atoms with Gasteiger partial charge in [-0.1, -0.05) is 6.07 Å². The molecule has 1 aromatic heterocycles. The molecule has 0 amide bonds. The molecule has 4 rings (SSSR count). The Morgan fingerprint density at radius 3 is 2.68 bits per heavy atom. The maximum absolute atomic E-state index is 14.0. The number of nitrogens with two attached hydrogens (primary N) is 1. The number of nitrogens with zero attached hydrogens (tertiary/aromatic N) is 2. The minimum atomic E-state index is -0.436. The molecule has 3 nitrogen and oxygen atoms in total. The molecule has 2 aliphatic carbocycles. The van der Waals surface area contributed by atoms with Gasteiger partial charge >= 0.3 is 0 Å². The average molecular weight is 259 g/mol. The quantitative estimate of drug-likeness (QED) is 0.920. The van der Waals surface area contributed by atoms with E-state index in [-0.39, 0.29) is 5.82 Å². The Balaban J connectivity index is 1.98. The number of hydrogen-bond acceptors (Lipinski definition) is 2. The van der Waals surface area contributed by atoms with Crippen molar-refractivity contribution in [3.8, 4) is 0 Å². The lowest BCUT2D eigenvalue weighted by atomic mass is 9.96. The van der Waals surface area contributed by atoms with Crippen LogP contribution in [0.1, 0.15) is 44.5 Å². The van der Waals surface area contributed by atoms with Crippen LogP contribution in [0.25, 0.3) is 11.0 Å². The highest BCUT2D eigenvalue weighted by atomic mass is 19.1. The summed E-state index contributed by atoms with van der Waals surface area (Å²) in [6, 6.07) is 5.65. The zero-order valence-electron chi connectivity index (χ0n) is 11.1. The third-order valence-corrected chi connectivity index (χ3v) is 4.49. The molecule has 0 saturated heterocycles. The minimum Gasteiger partial charge on any atom is -0.323 e. The van der Waals surface area contributed by atoms with E-state index in [2.05, 4.69) is 9.55 Å². The number of rotatable bonds is 3. The van der Waals surface area contributed by atoms with Crippen molar-refractivity contribution in [2.24, 2.45) is 11.7 Å². The van der Waals surface area contributed by atoms with Gasteiger partial charge in [0, 0.05) is 6.04 Å². The highest BCUT2D eigenvalue weighted by Gasteiger charge is 2.45. The van der Waals surface area contributed by atoms with E-state index in [1.165, 1.54) is 6.07 Å². The maximum atomic E-state index is 14.0. The van der Waals surface area contributed by atoms with E-state index in [1.54, 1.807) is 6.07 Å². The van der Waals surface area contributed by atoms with Crippen LogP contribution in [0.2, 0.25) is 0 Å². The number of benzene rings is 1. The van der Waals surface area contributed by atoms with Crippen LogP contribution < -0.4 is 5.73 Å². The largest absolute Gasteiger partial charge is 0.323 e. The molecule has 1 aromatic carbocycles. The van der Waals surface area contributed by atoms with Crippen LogP contribution in [0, 0.1) is 11.7 Å². The van der Waals surface area contributed by atoms with E-state index >= 15 is 0 Å². The molecule has 1 atom stereocenters. The summed E-state index contributed by atoms with van der Waals surface area (Å²) in [4.78, 5) is 4.57. The molecule has 1 unspecified atom stereocenters. The Hall–Kier alpha value is -1.42. The second kappa shape index (κ2) is 3.57. The molecular weight excluding hydrogens is 241 g/mol. The van der Waals surface area contributed by atoms with Crippen LogP contribution in [-0.2, 0) is 5.54 Å². The lowest BCUT2D eigenvalue weighted by molar-refractivity contribution is 0.383. The molecule has 0 spiro atoms. The Bertz CT molecular complexity index is 651. The third kappa shape index (κ3) is 1.62. The van der Waals surface area contributed by atoms with Crippen molar-refractivity contribution >= 4 is 11.0 Å². The second-order valence-corrected chi connectivity index (χ2v) is 6.20. The molecule has 2 aliphatic rings. The van der Waals surface area contributed by atoms with E-state index in [9.17, 15) is 4.39 Å². The molecule has 2 saturated carbocycles. The van der Waals surface area contributed by atoms with Gasteiger partial charge in [-0.05, 0) is 50.7 Å². The van der Waals surface area contributed by atoms with E-state index in [1.807, 2.05) is 13.0 Å². The highest BCUT2D eigenvalue weighted by molar-refractivity contribution is 5.77. The van der Waals surface area contributed by atoms with Crippen LogP contribution in [0.15, 0.2) is 18.2 Å². The molecule has 2 aromatic rings. The van der Waals surface area contributed by atoms with Crippen molar-refractivity contribution in [3.05, 3.63) is 29.8 Å². The summed E-state index contributed by atoms with van der Waals surface area (Å²) < 4.78 is 16.1. The molecule has 0 radical (unpaired) electrons. The fourth-order valence-electron chi connectivity index (χ4n) is 3.03. The van der Waals surface area contributed by atoms with E-state index in [4.69, 9.17) is 5.73 Å². The molecule has 100 valence electrons. The average Bonchev–Trinajstić information content (AvgIpc) is 3.25. The lowest BCUT2D eigenvalue weighted by Gasteiger charge is -2.25. The van der Waals surface area contributed by atoms with Crippen molar-refractivity contribution in [2.45, 2.75) is 44.2 Å². The predicted molar refractivity (Wildman–Crippen MR) is 72.2 cm³/mol. The second-order valence-electron chi connectivity index (χ2n) is 6.20. The number of para-hydroxylation sites is 1. The monoisotopic (exact) mass is 259 g/mol. The first-order valence-electron chi connectivity index (χ1n) is 7.05. The van der Waals surface area contributed by atoms with E-state index in [0.717, 1.165) is 37.0 Å². The topological polar surface area (TPSA) is 43.8 Å². The van der Waals surface area contributed by atoms with Crippen LogP contribution in [0.3, 0.4) is 0 Å². The van der Waals surface area contributed by atoms with Gasteiger partial charge in [0.1, 0.15) is 11.3 Å². The fraction of sp³-hybridized carbons (Fsp3) is 0.533. The molecule has 2 fully saturated rings. The van der Waals surface area contributed by atoms with Crippen molar-refractivity contribution in [3.63, 3.8) is 0 Å². The summed E-state index contributed by atoms with van der Waals surface area (Å²) in [5.41, 5.74) is 7.45. The van der Waals surface area contributed by atoms with Crippen LogP contribution in [0.4, 0.5) is 4.39 Å². The number of fused-ring (bicyclic) bond motifs is 1. The predicted octanol–water partition coefficient (Wildman–Crippen LogP) is 3.09. The summed E-state index contributed by atoms with van der Waals surface area (Å²) in [5.74, 6) is 1.12. The van der Waals surface area contributed by atoms with E-state index in [0.29, 0.717) is 17.5 Å². The Morgan fingerprint density at radius 2 is 2.05 bits per heavy atom. The van der Waals surface area contributed by atoms with Gasteiger partial charge in [0.05, 0.1) is 11.1 Å². The Morgan fingerprint density at radius 1 is 1.32 bits per heavy atom. The lowest BCUT2D eigenvalue weighted by Crippen LogP contribution is -2.38. The highest BCUT2D eigenvalue weighted by Crippen LogP contribution is 2.47. The van der Waals surface area contributed by atoms with Gasteiger partial charge in [-0.3, -0.25) is 0 Å². The Labute approximate surface area is 111 Å². The zero-order chi connectivity index (χ0) is 13.2. The maximum Gasteiger partial charge on any atom is 0.151 e. The molecule has 2 N–H and O–H groups in total. The minimum absolute atomic E-state index is 0.246. The standard InChI is InChI=1S/C15H18FN3/c1-15(17,9-5-6-9)14-18-13-11(16)3-2-4-12(13)19(14)10-7-8-10/h2-4,9-10H,5-8,17H2,1H3. The summed E-state index contributed by atoms with van der Waals surface area (Å²) >= 11 is 0. The molecule has 1 heterocycles. The molecule has 0 bridgehead atoms. The first-order valence-corrected chi connectivity index (χ1v) is 7.05. The number of hydrogen-bond donors (Lipinski definition) is 1. The molecular formula is C15H18FN3. The van der Waals surface area contributed by atoms with Crippen LogP contribution >= 0.6 is 0 Å². The number of halogens is 1. The van der Waals surface area contributed by atoms with Gasteiger partial charge in [-0.25, -0.2) is 9.37 Å². The third-order valence-electron chi connectivity index (χ3n) is 4.49. The summed E-state index contributed by atoms with van der Waals surface area (Å²) in [6.07, 6.45) is 4.61. The van der Waals surface area contributed by atoms with Crippen molar-refractivity contribution < 1.29 is 4.39 Å².